The van der Waals surface area contributed by atoms with Crippen molar-refractivity contribution in [3.8, 4) is 0 Å². The molecule has 4 aliphatic carbocycles. The second-order valence-electron chi connectivity index (χ2n) is 10.0. The van der Waals surface area contributed by atoms with Gasteiger partial charge in [-0.1, -0.05) is 77.0 Å². The highest BCUT2D eigenvalue weighted by molar-refractivity contribution is 8.48. The summed E-state index contributed by atoms with van der Waals surface area (Å²) in [5.41, 5.74) is 0. The van der Waals surface area contributed by atoms with Crippen LogP contribution in [0.15, 0.2) is 0 Å². The van der Waals surface area contributed by atoms with Crippen LogP contribution < -0.4 is 0 Å². The van der Waals surface area contributed by atoms with Gasteiger partial charge in [-0.05, 0) is 51.4 Å². The van der Waals surface area contributed by atoms with Gasteiger partial charge in [0.1, 0.15) is 0 Å². The predicted molar refractivity (Wildman–Crippen MR) is 141 cm³/mol. The predicted octanol–water partition coefficient (Wildman–Crippen LogP) is 9.86. The van der Waals surface area contributed by atoms with Crippen LogP contribution in [0.4, 0.5) is 0 Å². The molecule has 0 aromatic carbocycles. The molecule has 4 aliphatic rings. The summed E-state index contributed by atoms with van der Waals surface area (Å²) in [7, 11) is 0. The van der Waals surface area contributed by atoms with E-state index in [9.17, 15) is 0 Å². The van der Waals surface area contributed by atoms with Crippen molar-refractivity contribution in [1.82, 2.24) is 0 Å². The molecule has 0 unspecified atom stereocenters. The van der Waals surface area contributed by atoms with E-state index in [2.05, 4.69) is 47.0 Å². The fourth-order valence-corrected chi connectivity index (χ4v) is 15.9. The van der Waals surface area contributed by atoms with E-state index in [1.54, 1.807) is 0 Å². The van der Waals surface area contributed by atoms with Crippen molar-refractivity contribution in [1.29, 1.82) is 0 Å². The van der Waals surface area contributed by atoms with Crippen LogP contribution in [-0.2, 0) is 0 Å². The number of rotatable bonds is 8. The third-order valence-electron chi connectivity index (χ3n) is 7.45. The Morgan fingerprint density at radius 1 is 0.310 bits per heavy atom. The molecule has 0 N–H and O–H groups in total. The molecule has 4 rings (SSSR count). The Labute approximate surface area is 198 Å². The molecule has 0 spiro atoms. The molecule has 0 radical (unpaired) electrons. The highest BCUT2D eigenvalue weighted by atomic mass is 32.3. The van der Waals surface area contributed by atoms with E-state index in [1.165, 1.54) is 128 Å². The summed E-state index contributed by atoms with van der Waals surface area (Å²) in [6.45, 7) is 0. The summed E-state index contributed by atoms with van der Waals surface area (Å²) in [6, 6.07) is 0. The molecule has 168 valence electrons. The average Bonchev–Trinajstić information content (AvgIpc) is 2.76. The summed E-state index contributed by atoms with van der Waals surface area (Å²) < 4.78 is 0.397. The molecule has 0 bridgehead atoms. The highest BCUT2D eigenvalue weighted by Crippen LogP contribution is 2.64. The van der Waals surface area contributed by atoms with Crippen LogP contribution in [0.2, 0.25) is 0 Å². The van der Waals surface area contributed by atoms with Crippen molar-refractivity contribution in [2.75, 3.05) is 0 Å². The van der Waals surface area contributed by atoms with Gasteiger partial charge >= 0.3 is 0 Å². The maximum Gasteiger partial charge on any atom is 0.154 e. The third-order valence-corrected chi connectivity index (χ3v) is 15.3. The van der Waals surface area contributed by atoms with Crippen molar-refractivity contribution < 1.29 is 0 Å². The Bertz CT molecular complexity index is 358. The van der Waals surface area contributed by atoms with Gasteiger partial charge < -0.3 is 0 Å². The molecular formula is C25H44S4. The third kappa shape index (κ3) is 7.74. The minimum absolute atomic E-state index is 0.397. The van der Waals surface area contributed by atoms with Gasteiger partial charge in [0.15, 0.2) is 2.74 Å². The molecule has 0 aliphatic heterocycles. The Morgan fingerprint density at radius 3 is 0.724 bits per heavy atom. The Kier molecular flexibility index (Phi) is 10.2. The molecule has 0 aromatic rings. The smallest absolute Gasteiger partial charge is 0.119 e. The molecular weight excluding hydrogens is 429 g/mol. The van der Waals surface area contributed by atoms with Crippen LogP contribution in [-0.4, -0.2) is 23.7 Å². The summed E-state index contributed by atoms with van der Waals surface area (Å²) in [5, 5.41) is 3.75. The molecule has 0 aromatic heterocycles. The van der Waals surface area contributed by atoms with Gasteiger partial charge in [0.05, 0.1) is 0 Å². The minimum atomic E-state index is 0.397. The van der Waals surface area contributed by atoms with Crippen molar-refractivity contribution in [3.63, 3.8) is 0 Å². The highest BCUT2D eigenvalue weighted by Gasteiger charge is 2.43. The first kappa shape index (κ1) is 23.6. The molecule has 0 saturated heterocycles. The van der Waals surface area contributed by atoms with Crippen molar-refractivity contribution in [3.05, 3.63) is 0 Å². The lowest BCUT2D eigenvalue weighted by Gasteiger charge is -2.43. The molecule has 4 heteroatoms. The van der Waals surface area contributed by atoms with E-state index in [0.717, 1.165) is 21.0 Å². The summed E-state index contributed by atoms with van der Waals surface area (Å²) in [5.74, 6) is 0. The molecule has 0 heterocycles. The van der Waals surface area contributed by atoms with E-state index < -0.39 is 0 Å². The van der Waals surface area contributed by atoms with E-state index in [1.807, 2.05) is 0 Å². The minimum Gasteiger partial charge on any atom is -0.119 e. The number of thioether (sulfide) groups is 4. The topological polar surface area (TPSA) is 0 Å². The summed E-state index contributed by atoms with van der Waals surface area (Å²) >= 11 is 9.93. The second kappa shape index (κ2) is 12.6. The molecule has 4 fully saturated rings. The second-order valence-corrected chi connectivity index (χ2v) is 17.6. The molecule has 0 amide bonds. The Hall–Kier alpha value is 1.40. The Morgan fingerprint density at radius 2 is 0.517 bits per heavy atom. The van der Waals surface area contributed by atoms with Crippen LogP contribution >= 0.6 is 47.0 Å². The van der Waals surface area contributed by atoms with Gasteiger partial charge in [0, 0.05) is 21.0 Å². The van der Waals surface area contributed by atoms with Gasteiger partial charge in [-0.25, -0.2) is 0 Å². The van der Waals surface area contributed by atoms with E-state index in [0.29, 0.717) is 2.74 Å². The lowest BCUT2D eigenvalue weighted by atomic mass is 10.0. The number of hydrogen-bond donors (Lipinski definition) is 0. The van der Waals surface area contributed by atoms with Crippen LogP contribution in [0.5, 0.6) is 0 Å². The monoisotopic (exact) mass is 472 g/mol. The molecule has 4 saturated carbocycles. The summed E-state index contributed by atoms with van der Waals surface area (Å²) in [4.78, 5) is 0. The molecule has 29 heavy (non-hydrogen) atoms. The maximum atomic E-state index is 2.48. The van der Waals surface area contributed by atoms with Crippen LogP contribution in [0.3, 0.4) is 0 Å². The first-order chi connectivity index (χ1) is 14.3. The standard InChI is InChI=1S/C25H44S4/c1-5-13-21(14-6-1)26-25(27-22-15-7-2-8-16-22,28-23-17-9-3-10-18-23)29-24-19-11-4-12-20-24/h21-24H,1-20H2. The lowest BCUT2D eigenvalue weighted by molar-refractivity contribution is 0.510. The van der Waals surface area contributed by atoms with Crippen molar-refractivity contribution >= 4 is 47.0 Å². The summed E-state index contributed by atoms with van der Waals surface area (Å²) in [6.07, 6.45) is 29.8. The quantitative estimate of drug-likeness (QED) is 0.322. The van der Waals surface area contributed by atoms with Gasteiger partial charge in [-0.2, -0.15) is 0 Å². The zero-order valence-electron chi connectivity index (χ0n) is 18.6. The lowest BCUT2D eigenvalue weighted by Crippen LogP contribution is -2.29. The van der Waals surface area contributed by atoms with Gasteiger partial charge in [0.2, 0.25) is 0 Å². The van der Waals surface area contributed by atoms with Gasteiger partial charge in [-0.15, -0.1) is 47.0 Å². The van der Waals surface area contributed by atoms with E-state index in [4.69, 9.17) is 0 Å². The first-order valence-electron chi connectivity index (χ1n) is 13.0. The number of hydrogen-bond acceptors (Lipinski definition) is 4. The maximum absolute atomic E-state index is 2.48. The fourth-order valence-electron chi connectivity index (χ4n) is 5.72. The van der Waals surface area contributed by atoms with Crippen molar-refractivity contribution in [2.24, 2.45) is 0 Å². The van der Waals surface area contributed by atoms with Crippen LogP contribution in [0.1, 0.15) is 128 Å². The zero-order chi connectivity index (χ0) is 19.8. The molecule has 0 atom stereocenters. The SMILES string of the molecule is C1CCC(SC(SC2CCCCC2)(SC2CCCCC2)SC2CCCCC2)CC1. The van der Waals surface area contributed by atoms with E-state index in [-0.39, 0.29) is 0 Å². The van der Waals surface area contributed by atoms with Gasteiger partial charge in [-0.3, -0.25) is 0 Å². The van der Waals surface area contributed by atoms with E-state index >= 15 is 0 Å². The normalized spacial score (nSPS) is 27.3. The van der Waals surface area contributed by atoms with Gasteiger partial charge in [0.25, 0.3) is 0 Å². The zero-order valence-corrected chi connectivity index (χ0v) is 21.9. The Balaban J connectivity index is 1.51. The first-order valence-corrected chi connectivity index (χ1v) is 16.5. The molecule has 0 nitrogen and oxygen atoms in total. The van der Waals surface area contributed by atoms with Crippen LogP contribution in [0.25, 0.3) is 0 Å². The van der Waals surface area contributed by atoms with Crippen molar-refractivity contribution in [2.45, 2.75) is 152 Å². The largest absolute Gasteiger partial charge is 0.154 e. The van der Waals surface area contributed by atoms with Crippen LogP contribution in [0, 0.1) is 0 Å². The fraction of sp³-hybridized carbons (Fsp3) is 1.00. The average molecular weight is 473 g/mol.